The van der Waals surface area contributed by atoms with Crippen molar-refractivity contribution in [1.29, 1.82) is 0 Å². The number of benzene rings is 1. The predicted octanol–water partition coefficient (Wildman–Crippen LogP) is -0.191. The zero-order valence-electron chi connectivity index (χ0n) is 10.5. The van der Waals surface area contributed by atoms with Crippen LogP contribution < -0.4 is 9.46 Å². The fourth-order valence-corrected chi connectivity index (χ4v) is 2.28. The van der Waals surface area contributed by atoms with Gasteiger partial charge in [0.2, 0.25) is 10.0 Å². The predicted molar refractivity (Wildman–Crippen MR) is 66.4 cm³/mol. The molecule has 0 aromatic heterocycles. The van der Waals surface area contributed by atoms with Crippen molar-refractivity contribution in [3.63, 3.8) is 0 Å². The van der Waals surface area contributed by atoms with Gasteiger partial charge in [0.1, 0.15) is 5.75 Å². The molecule has 1 rings (SSSR count). The van der Waals surface area contributed by atoms with Gasteiger partial charge < -0.3 is 14.9 Å². The number of carboxylic acids is 1. The van der Waals surface area contributed by atoms with E-state index in [4.69, 9.17) is 9.84 Å². The van der Waals surface area contributed by atoms with Crippen LogP contribution in [0, 0.1) is 0 Å². The zero-order valence-corrected chi connectivity index (χ0v) is 11.3. The Morgan fingerprint density at radius 3 is 2.32 bits per heavy atom. The van der Waals surface area contributed by atoms with Gasteiger partial charge in [-0.1, -0.05) is 0 Å². The Hall–Kier alpha value is -1.64. The molecule has 0 fully saturated rings. The molecular weight excluding hydrogens is 274 g/mol. The summed E-state index contributed by atoms with van der Waals surface area (Å²) in [4.78, 5) is 10.6. The standard InChI is InChI=1S/C11H15NO6S/c1-11(15,10(13)14)7-12-19(16,17)9-5-3-8(18-2)4-6-9/h3-6,12,15H,7H2,1-2H3,(H,13,14). The number of aliphatic carboxylic acids is 1. The van der Waals surface area contributed by atoms with Gasteiger partial charge in [-0.2, -0.15) is 0 Å². The van der Waals surface area contributed by atoms with E-state index in [0.29, 0.717) is 5.75 Å². The number of rotatable bonds is 6. The molecule has 0 amide bonds. The van der Waals surface area contributed by atoms with Gasteiger partial charge in [0.25, 0.3) is 0 Å². The zero-order chi connectivity index (χ0) is 14.7. The number of hydrogen-bond acceptors (Lipinski definition) is 5. The monoisotopic (exact) mass is 289 g/mol. The van der Waals surface area contributed by atoms with Crippen LogP contribution in [0.2, 0.25) is 0 Å². The summed E-state index contributed by atoms with van der Waals surface area (Å²) < 4.78 is 30.6. The van der Waals surface area contributed by atoms with Crippen LogP contribution in [0.15, 0.2) is 29.2 Å². The molecule has 3 N–H and O–H groups in total. The normalized spacial score (nSPS) is 14.7. The van der Waals surface area contributed by atoms with Gasteiger partial charge in [-0.3, -0.25) is 0 Å². The van der Waals surface area contributed by atoms with E-state index in [1.165, 1.54) is 31.4 Å². The molecule has 0 saturated carbocycles. The Morgan fingerprint density at radius 1 is 1.37 bits per heavy atom. The summed E-state index contributed by atoms with van der Waals surface area (Å²) >= 11 is 0. The highest BCUT2D eigenvalue weighted by Gasteiger charge is 2.31. The molecule has 8 heteroatoms. The van der Waals surface area contributed by atoms with Crippen LogP contribution in [-0.4, -0.2) is 43.9 Å². The van der Waals surface area contributed by atoms with E-state index in [9.17, 15) is 18.3 Å². The SMILES string of the molecule is COc1ccc(S(=O)(=O)NCC(C)(O)C(=O)O)cc1. The summed E-state index contributed by atoms with van der Waals surface area (Å²) in [6.45, 7) is 0.378. The van der Waals surface area contributed by atoms with E-state index in [1.807, 2.05) is 4.72 Å². The lowest BCUT2D eigenvalue weighted by molar-refractivity contribution is -0.155. The second kappa shape index (κ2) is 5.55. The molecule has 1 aromatic carbocycles. The average Bonchev–Trinajstić information content (AvgIpc) is 2.36. The molecule has 106 valence electrons. The van der Waals surface area contributed by atoms with Crippen LogP contribution in [0.4, 0.5) is 0 Å². The topological polar surface area (TPSA) is 113 Å². The average molecular weight is 289 g/mol. The van der Waals surface area contributed by atoms with Crippen molar-refractivity contribution < 1.29 is 28.2 Å². The number of carbonyl (C=O) groups is 1. The second-order valence-corrected chi connectivity index (χ2v) is 5.85. The number of sulfonamides is 1. The van der Waals surface area contributed by atoms with Crippen LogP contribution in [0.1, 0.15) is 6.92 Å². The largest absolute Gasteiger partial charge is 0.497 e. The van der Waals surface area contributed by atoms with Gasteiger partial charge in [-0.15, -0.1) is 0 Å². The molecule has 7 nitrogen and oxygen atoms in total. The Balaban J connectivity index is 2.84. The third-order valence-corrected chi connectivity index (χ3v) is 3.85. The Bertz CT molecular complexity index is 549. The molecule has 1 unspecified atom stereocenters. The smallest absolute Gasteiger partial charge is 0.336 e. The van der Waals surface area contributed by atoms with Crippen LogP contribution in [0.5, 0.6) is 5.75 Å². The van der Waals surface area contributed by atoms with Crippen molar-refractivity contribution in [2.75, 3.05) is 13.7 Å². The van der Waals surface area contributed by atoms with E-state index in [1.54, 1.807) is 0 Å². The van der Waals surface area contributed by atoms with E-state index in [-0.39, 0.29) is 4.90 Å². The number of methoxy groups -OCH3 is 1. The summed E-state index contributed by atoms with van der Waals surface area (Å²) in [6.07, 6.45) is 0. The Labute approximate surface area is 110 Å². The molecule has 0 aliphatic carbocycles. The summed E-state index contributed by atoms with van der Waals surface area (Å²) in [5.74, 6) is -1.01. The van der Waals surface area contributed by atoms with E-state index < -0.39 is 28.1 Å². The summed E-state index contributed by atoms with van der Waals surface area (Å²) in [7, 11) is -2.43. The molecule has 1 atom stereocenters. The summed E-state index contributed by atoms with van der Waals surface area (Å²) in [5, 5.41) is 18.1. The van der Waals surface area contributed by atoms with Crippen molar-refractivity contribution in [3.8, 4) is 5.75 Å². The third kappa shape index (κ3) is 3.91. The number of hydrogen-bond donors (Lipinski definition) is 3. The van der Waals surface area contributed by atoms with Crippen molar-refractivity contribution in [1.82, 2.24) is 4.72 Å². The fraction of sp³-hybridized carbons (Fsp3) is 0.364. The molecule has 19 heavy (non-hydrogen) atoms. The van der Waals surface area contributed by atoms with Crippen molar-refractivity contribution in [3.05, 3.63) is 24.3 Å². The minimum absolute atomic E-state index is 0.0468. The van der Waals surface area contributed by atoms with Gasteiger partial charge in [0.15, 0.2) is 5.60 Å². The highest BCUT2D eigenvalue weighted by atomic mass is 32.2. The maximum Gasteiger partial charge on any atom is 0.336 e. The molecule has 1 aromatic rings. The van der Waals surface area contributed by atoms with Gasteiger partial charge in [-0.25, -0.2) is 17.9 Å². The lowest BCUT2D eigenvalue weighted by Gasteiger charge is -2.18. The van der Waals surface area contributed by atoms with Crippen molar-refractivity contribution >= 4 is 16.0 Å². The van der Waals surface area contributed by atoms with E-state index in [0.717, 1.165) is 6.92 Å². The van der Waals surface area contributed by atoms with Crippen molar-refractivity contribution in [2.24, 2.45) is 0 Å². The molecule has 0 saturated heterocycles. The fourth-order valence-electron chi connectivity index (χ4n) is 1.15. The molecule has 0 aliphatic heterocycles. The molecule has 0 heterocycles. The lowest BCUT2D eigenvalue weighted by atomic mass is 10.1. The van der Waals surface area contributed by atoms with Gasteiger partial charge in [0, 0.05) is 0 Å². The minimum Gasteiger partial charge on any atom is -0.497 e. The third-order valence-electron chi connectivity index (χ3n) is 2.44. The lowest BCUT2D eigenvalue weighted by Crippen LogP contribution is -2.46. The van der Waals surface area contributed by atoms with Gasteiger partial charge >= 0.3 is 5.97 Å². The van der Waals surface area contributed by atoms with Crippen LogP contribution in [-0.2, 0) is 14.8 Å². The maximum atomic E-state index is 11.8. The molecular formula is C11H15NO6S. The van der Waals surface area contributed by atoms with E-state index >= 15 is 0 Å². The first-order chi connectivity index (χ1) is 8.69. The summed E-state index contributed by atoms with van der Waals surface area (Å²) in [6, 6.07) is 5.56. The minimum atomic E-state index is -3.88. The first-order valence-corrected chi connectivity index (χ1v) is 6.77. The van der Waals surface area contributed by atoms with Gasteiger partial charge in [-0.05, 0) is 31.2 Å². The first kappa shape index (κ1) is 15.4. The Kier molecular flexibility index (Phi) is 4.51. The summed E-state index contributed by atoms with van der Waals surface area (Å²) in [5.41, 5.74) is -2.17. The van der Waals surface area contributed by atoms with Crippen LogP contribution >= 0.6 is 0 Å². The molecule has 0 bridgehead atoms. The van der Waals surface area contributed by atoms with Crippen molar-refractivity contribution in [2.45, 2.75) is 17.4 Å². The van der Waals surface area contributed by atoms with Crippen LogP contribution in [0.25, 0.3) is 0 Å². The first-order valence-electron chi connectivity index (χ1n) is 5.28. The van der Waals surface area contributed by atoms with Gasteiger partial charge in [0.05, 0.1) is 18.6 Å². The molecule has 0 radical (unpaired) electrons. The maximum absolute atomic E-state index is 11.8. The van der Waals surface area contributed by atoms with E-state index in [2.05, 4.69) is 0 Å². The number of carboxylic acid groups (broad SMARTS) is 1. The quantitative estimate of drug-likeness (QED) is 0.669. The Morgan fingerprint density at radius 2 is 1.89 bits per heavy atom. The molecule has 0 aliphatic rings. The number of aliphatic hydroxyl groups is 1. The highest BCUT2D eigenvalue weighted by Crippen LogP contribution is 2.15. The van der Waals surface area contributed by atoms with Crippen LogP contribution in [0.3, 0.4) is 0 Å². The second-order valence-electron chi connectivity index (χ2n) is 4.08. The molecule has 0 spiro atoms. The number of ether oxygens (including phenoxy) is 1. The highest BCUT2D eigenvalue weighted by molar-refractivity contribution is 7.89. The number of nitrogens with one attached hydrogen (secondary N) is 1.